The fourth-order valence-electron chi connectivity index (χ4n) is 3.97. The molecule has 29 heavy (non-hydrogen) atoms. The molecule has 0 spiro atoms. The van der Waals surface area contributed by atoms with Gasteiger partial charge in [0.25, 0.3) is 11.9 Å². The molecule has 4 heterocycles. The van der Waals surface area contributed by atoms with Gasteiger partial charge in [0.2, 0.25) is 0 Å². The Bertz CT molecular complexity index is 977. The molecule has 8 nitrogen and oxygen atoms in total. The minimum absolute atomic E-state index is 0.0191. The SMILES string of the molecule is CCN(CC)[C@@H]1CCN(C(=O)c2cnn(-c3nccc(-c4ccco4)n3)c2C)C1. The maximum atomic E-state index is 13.1. The Morgan fingerprint density at radius 1 is 1.31 bits per heavy atom. The molecule has 1 fully saturated rings. The van der Waals surface area contributed by atoms with Crippen molar-refractivity contribution >= 4 is 5.91 Å². The summed E-state index contributed by atoms with van der Waals surface area (Å²) in [6.07, 6.45) is 5.90. The molecule has 4 rings (SSSR count). The van der Waals surface area contributed by atoms with Crippen LogP contribution in [0.5, 0.6) is 0 Å². The van der Waals surface area contributed by atoms with Crippen molar-refractivity contribution in [1.82, 2.24) is 29.5 Å². The maximum absolute atomic E-state index is 13.1. The minimum Gasteiger partial charge on any atom is -0.463 e. The van der Waals surface area contributed by atoms with Crippen LogP contribution in [0.2, 0.25) is 0 Å². The highest BCUT2D eigenvalue weighted by molar-refractivity contribution is 5.95. The number of aromatic nitrogens is 4. The van der Waals surface area contributed by atoms with Crippen LogP contribution in [-0.4, -0.2) is 67.7 Å². The summed E-state index contributed by atoms with van der Waals surface area (Å²) in [4.78, 5) is 26.3. The van der Waals surface area contributed by atoms with Crippen molar-refractivity contribution < 1.29 is 9.21 Å². The highest BCUT2D eigenvalue weighted by atomic mass is 16.3. The van der Waals surface area contributed by atoms with Gasteiger partial charge >= 0.3 is 0 Å². The molecule has 1 aliphatic rings. The largest absolute Gasteiger partial charge is 0.463 e. The van der Waals surface area contributed by atoms with Gasteiger partial charge < -0.3 is 9.32 Å². The molecule has 0 radical (unpaired) electrons. The number of nitrogens with zero attached hydrogens (tertiary/aromatic N) is 6. The predicted octanol–water partition coefficient (Wildman–Crippen LogP) is 2.79. The Kier molecular flexibility index (Phi) is 5.44. The predicted molar refractivity (Wildman–Crippen MR) is 109 cm³/mol. The molecule has 1 saturated heterocycles. The van der Waals surface area contributed by atoms with Gasteiger partial charge in [-0.05, 0) is 44.6 Å². The first kappa shape index (κ1) is 19.3. The molecule has 8 heteroatoms. The van der Waals surface area contributed by atoms with Gasteiger partial charge in [-0.3, -0.25) is 9.69 Å². The lowest BCUT2D eigenvalue weighted by atomic mass is 10.2. The summed E-state index contributed by atoms with van der Waals surface area (Å²) in [7, 11) is 0. The van der Waals surface area contributed by atoms with Gasteiger partial charge in [-0.15, -0.1) is 0 Å². The van der Waals surface area contributed by atoms with E-state index in [9.17, 15) is 4.79 Å². The van der Waals surface area contributed by atoms with E-state index in [1.807, 2.05) is 24.0 Å². The van der Waals surface area contributed by atoms with Crippen LogP contribution >= 0.6 is 0 Å². The first-order valence-corrected chi connectivity index (χ1v) is 10.1. The number of likely N-dealkylation sites (tertiary alicyclic amines) is 1. The molecule has 1 atom stereocenters. The molecule has 3 aromatic rings. The van der Waals surface area contributed by atoms with Crippen molar-refractivity contribution in [3.63, 3.8) is 0 Å². The van der Waals surface area contributed by atoms with E-state index in [0.29, 0.717) is 29.0 Å². The van der Waals surface area contributed by atoms with Gasteiger partial charge in [-0.1, -0.05) is 13.8 Å². The normalized spacial score (nSPS) is 16.7. The van der Waals surface area contributed by atoms with Crippen LogP contribution in [0, 0.1) is 6.92 Å². The fourth-order valence-corrected chi connectivity index (χ4v) is 3.97. The first-order chi connectivity index (χ1) is 14.1. The molecule has 3 aromatic heterocycles. The third kappa shape index (κ3) is 3.67. The van der Waals surface area contributed by atoms with E-state index in [1.165, 1.54) is 0 Å². The number of furan rings is 1. The van der Waals surface area contributed by atoms with Crippen molar-refractivity contribution in [2.45, 2.75) is 33.2 Å². The summed E-state index contributed by atoms with van der Waals surface area (Å²) in [5, 5.41) is 4.39. The van der Waals surface area contributed by atoms with Crippen LogP contribution < -0.4 is 0 Å². The second-order valence-electron chi connectivity index (χ2n) is 7.19. The molecule has 1 aliphatic heterocycles. The van der Waals surface area contributed by atoms with Gasteiger partial charge in [-0.2, -0.15) is 5.10 Å². The summed E-state index contributed by atoms with van der Waals surface area (Å²) in [5.41, 5.74) is 2.00. The molecular weight excluding hydrogens is 368 g/mol. The van der Waals surface area contributed by atoms with Crippen LogP contribution in [0.25, 0.3) is 17.4 Å². The topological polar surface area (TPSA) is 80.3 Å². The molecule has 0 unspecified atom stereocenters. The van der Waals surface area contributed by atoms with Crippen LogP contribution in [0.4, 0.5) is 0 Å². The highest BCUT2D eigenvalue weighted by Gasteiger charge is 2.31. The van der Waals surface area contributed by atoms with E-state index in [2.05, 4.69) is 33.8 Å². The van der Waals surface area contributed by atoms with Crippen molar-refractivity contribution in [2.75, 3.05) is 26.2 Å². The van der Waals surface area contributed by atoms with E-state index >= 15 is 0 Å². The zero-order valence-corrected chi connectivity index (χ0v) is 17.1. The monoisotopic (exact) mass is 394 g/mol. The summed E-state index contributed by atoms with van der Waals surface area (Å²) < 4.78 is 7.02. The first-order valence-electron chi connectivity index (χ1n) is 10.1. The standard InChI is InChI=1S/C21H26N6O2/c1-4-25(5-2)16-9-11-26(14-16)20(28)17-13-23-27(15(17)3)21-22-10-8-18(24-21)19-7-6-12-29-19/h6-8,10,12-13,16H,4-5,9,11,14H2,1-3H3/t16-/m1/s1. The number of carbonyl (C=O) groups excluding carboxylic acids is 1. The molecule has 0 bridgehead atoms. The lowest BCUT2D eigenvalue weighted by molar-refractivity contribution is 0.0777. The Hall–Kier alpha value is -3.00. The molecule has 1 amide bonds. The van der Waals surface area contributed by atoms with E-state index in [0.717, 1.165) is 38.3 Å². The molecule has 0 saturated carbocycles. The van der Waals surface area contributed by atoms with E-state index in [4.69, 9.17) is 4.42 Å². The average Bonchev–Trinajstić information content (AvgIpc) is 3.50. The van der Waals surface area contributed by atoms with Crippen molar-refractivity contribution in [2.24, 2.45) is 0 Å². The van der Waals surface area contributed by atoms with Crippen LogP contribution in [0.3, 0.4) is 0 Å². The van der Waals surface area contributed by atoms with Crippen molar-refractivity contribution in [3.8, 4) is 17.4 Å². The average molecular weight is 394 g/mol. The quantitative estimate of drug-likeness (QED) is 0.640. The van der Waals surface area contributed by atoms with Crippen molar-refractivity contribution in [1.29, 1.82) is 0 Å². The second kappa shape index (κ2) is 8.16. The van der Waals surface area contributed by atoms with Gasteiger partial charge in [0.05, 0.1) is 23.7 Å². The maximum Gasteiger partial charge on any atom is 0.257 e. The number of hydrogen-bond acceptors (Lipinski definition) is 6. The second-order valence-corrected chi connectivity index (χ2v) is 7.19. The molecule has 0 aliphatic carbocycles. The number of carbonyl (C=O) groups is 1. The zero-order chi connectivity index (χ0) is 20.4. The van der Waals surface area contributed by atoms with E-state index in [1.54, 1.807) is 29.4 Å². The Balaban J connectivity index is 1.55. The zero-order valence-electron chi connectivity index (χ0n) is 17.1. The lowest BCUT2D eigenvalue weighted by Gasteiger charge is -2.26. The third-order valence-corrected chi connectivity index (χ3v) is 5.63. The van der Waals surface area contributed by atoms with Gasteiger partial charge in [0, 0.05) is 25.3 Å². The molecule has 0 aromatic carbocycles. The lowest BCUT2D eigenvalue weighted by Crippen LogP contribution is -2.38. The molecule has 0 N–H and O–H groups in total. The fraction of sp³-hybridized carbons (Fsp3) is 0.429. The number of rotatable bonds is 6. The third-order valence-electron chi connectivity index (χ3n) is 5.63. The number of amides is 1. The Morgan fingerprint density at radius 2 is 2.14 bits per heavy atom. The van der Waals surface area contributed by atoms with Crippen LogP contribution in [0.1, 0.15) is 36.3 Å². The summed E-state index contributed by atoms with van der Waals surface area (Å²) in [6.45, 7) is 9.75. The van der Waals surface area contributed by atoms with E-state index in [-0.39, 0.29) is 5.91 Å². The summed E-state index contributed by atoms with van der Waals surface area (Å²) in [6, 6.07) is 5.87. The van der Waals surface area contributed by atoms with Crippen LogP contribution in [-0.2, 0) is 0 Å². The Labute approximate surface area is 170 Å². The van der Waals surface area contributed by atoms with Crippen LogP contribution in [0.15, 0.2) is 41.3 Å². The van der Waals surface area contributed by atoms with E-state index < -0.39 is 0 Å². The van der Waals surface area contributed by atoms with Gasteiger partial charge in [-0.25, -0.2) is 14.6 Å². The van der Waals surface area contributed by atoms with Crippen molar-refractivity contribution in [3.05, 3.63) is 48.1 Å². The highest BCUT2D eigenvalue weighted by Crippen LogP contribution is 2.22. The number of likely N-dealkylation sites (N-methyl/N-ethyl adjacent to an activating group) is 1. The molecule has 152 valence electrons. The number of hydrogen-bond donors (Lipinski definition) is 0. The minimum atomic E-state index is 0.0191. The summed E-state index contributed by atoms with van der Waals surface area (Å²) in [5.74, 6) is 1.10. The summed E-state index contributed by atoms with van der Waals surface area (Å²) >= 11 is 0. The Morgan fingerprint density at radius 3 is 2.86 bits per heavy atom. The van der Waals surface area contributed by atoms with Gasteiger partial charge in [0.1, 0.15) is 5.69 Å². The molecular formula is C21H26N6O2. The smallest absolute Gasteiger partial charge is 0.257 e. The van der Waals surface area contributed by atoms with Gasteiger partial charge in [0.15, 0.2) is 5.76 Å².